The Morgan fingerprint density at radius 1 is 1.17 bits per heavy atom. The van der Waals surface area contributed by atoms with E-state index in [2.05, 4.69) is 17.3 Å². The van der Waals surface area contributed by atoms with Crippen molar-refractivity contribution < 1.29 is 0 Å². The summed E-state index contributed by atoms with van der Waals surface area (Å²) in [6, 6.07) is 8.71. The van der Waals surface area contributed by atoms with Crippen molar-refractivity contribution in [3.05, 3.63) is 29.3 Å². The molecule has 0 atom stereocenters. The Bertz CT molecular complexity index is 344. The van der Waals surface area contributed by atoms with E-state index >= 15 is 0 Å². The molecule has 3 heteroatoms. The van der Waals surface area contributed by atoms with Crippen LogP contribution in [0.4, 0.5) is 5.69 Å². The zero-order chi connectivity index (χ0) is 12.8. The van der Waals surface area contributed by atoms with Gasteiger partial charge in [0.25, 0.3) is 0 Å². The molecule has 2 rings (SSSR count). The van der Waals surface area contributed by atoms with Crippen molar-refractivity contribution >= 4 is 17.3 Å². The van der Waals surface area contributed by atoms with Crippen LogP contribution in [0, 0.1) is 0 Å². The van der Waals surface area contributed by atoms with Crippen LogP contribution in [-0.2, 0) is 0 Å². The van der Waals surface area contributed by atoms with Crippen molar-refractivity contribution in [1.82, 2.24) is 4.90 Å². The molecule has 0 spiro atoms. The summed E-state index contributed by atoms with van der Waals surface area (Å²) in [5.41, 5.74) is 1.15. The van der Waals surface area contributed by atoms with Crippen molar-refractivity contribution in [2.75, 3.05) is 25.5 Å². The first-order valence-corrected chi connectivity index (χ1v) is 7.33. The zero-order valence-electron chi connectivity index (χ0n) is 11.2. The quantitative estimate of drug-likeness (QED) is 0.866. The van der Waals surface area contributed by atoms with Gasteiger partial charge in [-0.1, -0.05) is 30.9 Å². The van der Waals surface area contributed by atoms with E-state index in [0.29, 0.717) is 0 Å². The highest BCUT2D eigenvalue weighted by atomic mass is 35.5. The van der Waals surface area contributed by atoms with Crippen LogP contribution in [-0.4, -0.2) is 31.1 Å². The molecule has 100 valence electrons. The maximum atomic E-state index is 5.86. The summed E-state index contributed by atoms with van der Waals surface area (Å²) in [6.07, 6.45) is 6.97. The maximum absolute atomic E-state index is 5.86. The minimum Gasteiger partial charge on any atom is -0.384 e. The summed E-state index contributed by atoms with van der Waals surface area (Å²) in [6.45, 7) is 2.10. The van der Waals surface area contributed by atoms with Gasteiger partial charge in [0.15, 0.2) is 0 Å². The SMILES string of the molecule is CN(CCNc1ccc(Cl)cc1)C1CCCCC1. The van der Waals surface area contributed by atoms with E-state index in [9.17, 15) is 0 Å². The zero-order valence-corrected chi connectivity index (χ0v) is 11.9. The predicted molar refractivity (Wildman–Crippen MR) is 79.4 cm³/mol. The average Bonchev–Trinajstić information content (AvgIpc) is 2.42. The summed E-state index contributed by atoms with van der Waals surface area (Å²) in [5, 5.41) is 4.23. The summed E-state index contributed by atoms with van der Waals surface area (Å²) < 4.78 is 0. The van der Waals surface area contributed by atoms with Gasteiger partial charge in [-0.05, 0) is 44.2 Å². The molecule has 1 aromatic carbocycles. The van der Waals surface area contributed by atoms with Crippen LogP contribution in [0.2, 0.25) is 5.02 Å². The molecule has 0 heterocycles. The topological polar surface area (TPSA) is 15.3 Å². The van der Waals surface area contributed by atoms with Gasteiger partial charge in [0.2, 0.25) is 0 Å². The maximum Gasteiger partial charge on any atom is 0.0407 e. The highest BCUT2D eigenvalue weighted by molar-refractivity contribution is 6.30. The standard InChI is InChI=1S/C15H23ClN2/c1-18(15-5-3-2-4-6-15)12-11-17-14-9-7-13(16)8-10-14/h7-10,15,17H,2-6,11-12H2,1H3. The molecule has 1 N–H and O–H groups in total. The summed E-state index contributed by atoms with van der Waals surface area (Å²) in [7, 11) is 2.25. The van der Waals surface area contributed by atoms with Crippen LogP contribution < -0.4 is 5.32 Å². The van der Waals surface area contributed by atoms with Gasteiger partial charge in [0.1, 0.15) is 0 Å². The molecule has 0 radical (unpaired) electrons. The van der Waals surface area contributed by atoms with Crippen molar-refractivity contribution in [2.45, 2.75) is 38.1 Å². The lowest BCUT2D eigenvalue weighted by Gasteiger charge is -2.31. The third kappa shape index (κ3) is 4.18. The Labute approximate surface area is 115 Å². The molecule has 0 aliphatic heterocycles. The lowest BCUT2D eigenvalue weighted by atomic mass is 9.94. The van der Waals surface area contributed by atoms with E-state index in [1.165, 1.54) is 32.1 Å². The molecule has 1 aromatic rings. The van der Waals surface area contributed by atoms with Crippen LogP contribution >= 0.6 is 11.6 Å². The Kier molecular flexibility index (Phi) is 5.33. The molecular weight excluding hydrogens is 244 g/mol. The van der Waals surface area contributed by atoms with E-state index in [1.54, 1.807) is 0 Å². The van der Waals surface area contributed by atoms with Crippen molar-refractivity contribution in [3.8, 4) is 0 Å². The average molecular weight is 267 g/mol. The van der Waals surface area contributed by atoms with E-state index in [1.807, 2.05) is 24.3 Å². The van der Waals surface area contributed by atoms with Gasteiger partial charge in [0.05, 0.1) is 0 Å². The Morgan fingerprint density at radius 3 is 2.50 bits per heavy atom. The molecule has 2 nitrogen and oxygen atoms in total. The first kappa shape index (κ1) is 13.7. The second-order valence-corrected chi connectivity index (χ2v) is 5.64. The Balaban J connectivity index is 1.69. The molecule has 1 aliphatic rings. The monoisotopic (exact) mass is 266 g/mol. The molecule has 1 fully saturated rings. The second-order valence-electron chi connectivity index (χ2n) is 5.21. The fourth-order valence-corrected chi connectivity index (χ4v) is 2.77. The van der Waals surface area contributed by atoms with Crippen molar-refractivity contribution in [1.29, 1.82) is 0 Å². The number of nitrogens with zero attached hydrogens (tertiary/aromatic N) is 1. The lowest BCUT2D eigenvalue weighted by molar-refractivity contribution is 0.198. The van der Waals surface area contributed by atoms with E-state index in [-0.39, 0.29) is 0 Å². The lowest BCUT2D eigenvalue weighted by Crippen LogP contribution is -2.36. The van der Waals surface area contributed by atoms with Crippen molar-refractivity contribution in [3.63, 3.8) is 0 Å². The number of hydrogen-bond donors (Lipinski definition) is 1. The molecule has 0 amide bonds. The number of anilines is 1. The van der Waals surface area contributed by atoms with E-state index < -0.39 is 0 Å². The predicted octanol–water partition coefficient (Wildman–Crippen LogP) is 4.02. The van der Waals surface area contributed by atoms with E-state index in [0.717, 1.165) is 29.8 Å². The Morgan fingerprint density at radius 2 is 1.83 bits per heavy atom. The van der Waals surface area contributed by atoms with Gasteiger partial charge in [-0.2, -0.15) is 0 Å². The van der Waals surface area contributed by atoms with Gasteiger partial charge >= 0.3 is 0 Å². The Hall–Kier alpha value is -0.730. The fraction of sp³-hybridized carbons (Fsp3) is 0.600. The van der Waals surface area contributed by atoms with Crippen molar-refractivity contribution in [2.24, 2.45) is 0 Å². The van der Waals surface area contributed by atoms with Crippen LogP contribution in [0.5, 0.6) is 0 Å². The largest absolute Gasteiger partial charge is 0.384 e. The third-order valence-electron chi connectivity index (χ3n) is 3.84. The minimum atomic E-state index is 0.792. The second kappa shape index (κ2) is 7.01. The first-order valence-electron chi connectivity index (χ1n) is 6.95. The first-order chi connectivity index (χ1) is 8.75. The molecule has 18 heavy (non-hydrogen) atoms. The van der Waals surface area contributed by atoms with Crippen LogP contribution in [0.15, 0.2) is 24.3 Å². The van der Waals surface area contributed by atoms with Gasteiger partial charge in [-0.3, -0.25) is 0 Å². The van der Waals surface area contributed by atoms with Gasteiger partial charge in [-0.15, -0.1) is 0 Å². The third-order valence-corrected chi connectivity index (χ3v) is 4.09. The normalized spacial score (nSPS) is 17.1. The minimum absolute atomic E-state index is 0.792. The number of rotatable bonds is 5. The number of halogens is 1. The summed E-state index contributed by atoms with van der Waals surface area (Å²) >= 11 is 5.86. The van der Waals surface area contributed by atoms with Gasteiger partial charge < -0.3 is 10.2 Å². The molecule has 1 saturated carbocycles. The molecule has 0 aromatic heterocycles. The van der Waals surface area contributed by atoms with Crippen LogP contribution in [0.3, 0.4) is 0 Å². The number of nitrogens with one attached hydrogen (secondary N) is 1. The van der Waals surface area contributed by atoms with Gasteiger partial charge in [-0.25, -0.2) is 0 Å². The highest BCUT2D eigenvalue weighted by Crippen LogP contribution is 2.21. The summed E-state index contributed by atoms with van der Waals surface area (Å²) in [5.74, 6) is 0. The van der Waals surface area contributed by atoms with E-state index in [4.69, 9.17) is 11.6 Å². The summed E-state index contributed by atoms with van der Waals surface area (Å²) in [4.78, 5) is 2.50. The van der Waals surface area contributed by atoms with Crippen LogP contribution in [0.1, 0.15) is 32.1 Å². The molecule has 0 saturated heterocycles. The molecular formula is C15H23ClN2. The molecule has 0 bridgehead atoms. The highest BCUT2D eigenvalue weighted by Gasteiger charge is 2.17. The fourth-order valence-electron chi connectivity index (χ4n) is 2.65. The van der Waals surface area contributed by atoms with Gasteiger partial charge in [0, 0.05) is 29.8 Å². The number of benzene rings is 1. The number of likely N-dealkylation sites (N-methyl/N-ethyl adjacent to an activating group) is 1. The molecule has 1 aliphatic carbocycles. The molecule has 0 unspecified atom stereocenters. The smallest absolute Gasteiger partial charge is 0.0407 e. The number of hydrogen-bond acceptors (Lipinski definition) is 2. The van der Waals surface area contributed by atoms with Crippen LogP contribution in [0.25, 0.3) is 0 Å².